The minimum absolute atomic E-state index is 0.0618. The molecule has 5 heteroatoms. The molecule has 1 N–H and O–H groups in total. The molecule has 0 radical (unpaired) electrons. The van der Waals surface area contributed by atoms with Gasteiger partial charge in [0.15, 0.2) is 0 Å². The van der Waals surface area contributed by atoms with E-state index >= 15 is 0 Å². The lowest BCUT2D eigenvalue weighted by Gasteiger charge is -2.20. The van der Waals surface area contributed by atoms with Gasteiger partial charge in [-0.1, -0.05) is 48.5 Å². The summed E-state index contributed by atoms with van der Waals surface area (Å²) in [6.45, 7) is 2.48. The summed E-state index contributed by atoms with van der Waals surface area (Å²) in [4.78, 5) is 19.6. The quantitative estimate of drug-likeness (QED) is 0.726. The third-order valence-electron chi connectivity index (χ3n) is 5.01. The zero-order valence-electron chi connectivity index (χ0n) is 15.4. The summed E-state index contributed by atoms with van der Waals surface area (Å²) in [5.74, 6) is 0.481. The maximum Gasteiger partial charge on any atom is 0.254 e. The van der Waals surface area contributed by atoms with Gasteiger partial charge < -0.3 is 10.2 Å². The molecule has 0 bridgehead atoms. The molecule has 0 unspecified atom stereocenters. The van der Waals surface area contributed by atoms with Crippen LogP contribution in [0.3, 0.4) is 0 Å². The highest BCUT2D eigenvalue weighted by atomic mass is 32.1. The van der Waals surface area contributed by atoms with Gasteiger partial charge in [0, 0.05) is 30.1 Å². The van der Waals surface area contributed by atoms with Gasteiger partial charge in [0.1, 0.15) is 5.01 Å². The van der Waals surface area contributed by atoms with Crippen molar-refractivity contribution in [2.45, 2.75) is 18.9 Å². The van der Waals surface area contributed by atoms with Crippen LogP contribution in [0, 0.1) is 0 Å². The first-order chi connectivity index (χ1) is 13.2. The zero-order chi connectivity index (χ0) is 18.6. The summed E-state index contributed by atoms with van der Waals surface area (Å²) >= 11 is 1.62. The van der Waals surface area contributed by atoms with Gasteiger partial charge in [-0.25, -0.2) is 4.98 Å². The number of amides is 1. The lowest BCUT2D eigenvalue weighted by molar-refractivity contribution is 0.0782. The Morgan fingerprint density at radius 2 is 1.96 bits per heavy atom. The van der Waals surface area contributed by atoms with E-state index in [9.17, 15) is 4.79 Å². The summed E-state index contributed by atoms with van der Waals surface area (Å²) in [5, 5.41) is 6.42. The standard InChI is InChI=1S/C22H23N3OS/c1-25(14-18-15-27-21(24-18)16-7-3-2-4-8-16)22(26)20-10-6-5-9-19(20)17-11-12-23-13-17/h2-10,15,17,23H,11-14H2,1H3/t17-/m0/s1. The van der Waals surface area contributed by atoms with Crippen molar-refractivity contribution in [3.05, 3.63) is 76.8 Å². The van der Waals surface area contributed by atoms with Gasteiger partial charge in [-0.3, -0.25) is 4.79 Å². The van der Waals surface area contributed by atoms with Crippen molar-refractivity contribution in [1.29, 1.82) is 0 Å². The Balaban J connectivity index is 1.50. The first-order valence-electron chi connectivity index (χ1n) is 9.27. The molecule has 138 valence electrons. The minimum Gasteiger partial charge on any atom is -0.336 e. The minimum atomic E-state index is 0.0618. The van der Waals surface area contributed by atoms with E-state index in [1.807, 2.05) is 48.8 Å². The zero-order valence-corrected chi connectivity index (χ0v) is 16.2. The van der Waals surface area contributed by atoms with Crippen LogP contribution in [-0.4, -0.2) is 35.9 Å². The largest absolute Gasteiger partial charge is 0.336 e. The number of hydrogen-bond donors (Lipinski definition) is 1. The second-order valence-electron chi connectivity index (χ2n) is 6.95. The van der Waals surface area contributed by atoms with Gasteiger partial charge in [-0.05, 0) is 30.5 Å². The molecule has 4 rings (SSSR count). The van der Waals surface area contributed by atoms with E-state index < -0.39 is 0 Å². The van der Waals surface area contributed by atoms with Gasteiger partial charge >= 0.3 is 0 Å². The number of carbonyl (C=O) groups excluding carboxylic acids is 1. The second-order valence-corrected chi connectivity index (χ2v) is 7.81. The number of thiazole rings is 1. The molecule has 1 saturated heterocycles. The van der Waals surface area contributed by atoms with E-state index in [-0.39, 0.29) is 5.91 Å². The fourth-order valence-electron chi connectivity index (χ4n) is 3.58. The molecule has 1 aliphatic rings. The van der Waals surface area contributed by atoms with Crippen molar-refractivity contribution in [2.24, 2.45) is 0 Å². The predicted octanol–water partition coefficient (Wildman–Crippen LogP) is 4.16. The Morgan fingerprint density at radius 1 is 1.19 bits per heavy atom. The van der Waals surface area contributed by atoms with Crippen molar-refractivity contribution in [3.63, 3.8) is 0 Å². The molecule has 3 aromatic rings. The van der Waals surface area contributed by atoms with Crippen LogP contribution in [0.25, 0.3) is 10.6 Å². The first kappa shape index (κ1) is 17.9. The number of aromatic nitrogens is 1. The van der Waals surface area contributed by atoms with E-state index in [4.69, 9.17) is 4.98 Å². The molecule has 0 saturated carbocycles. The SMILES string of the molecule is CN(Cc1csc(-c2ccccc2)n1)C(=O)c1ccccc1[C@H]1CCNC1. The summed E-state index contributed by atoms with van der Waals surface area (Å²) in [5.41, 5.74) is 4.01. The van der Waals surface area contributed by atoms with E-state index in [1.54, 1.807) is 16.2 Å². The molecular weight excluding hydrogens is 354 g/mol. The van der Waals surface area contributed by atoms with Gasteiger partial charge in [-0.15, -0.1) is 11.3 Å². The number of hydrogen-bond acceptors (Lipinski definition) is 4. The Hall–Kier alpha value is -2.50. The van der Waals surface area contributed by atoms with Crippen molar-refractivity contribution < 1.29 is 4.79 Å². The summed E-state index contributed by atoms with van der Waals surface area (Å²) in [6.07, 6.45) is 1.08. The van der Waals surface area contributed by atoms with Crippen molar-refractivity contribution in [1.82, 2.24) is 15.2 Å². The van der Waals surface area contributed by atoms with E-state index in [0.29, 0.717) is 12.5 Å². The molecule has 2 heterocycles. The molecular formula is C22H23N3OS. The van der Waals surface area contributed by atoms with Crippen LogP contribution in [0.2, 0.25) is 0 Å². The maximum absolute atomic E-state index is 13.1. The molecule has 0 spiro atoms. The molecule has 27 heavy (non-hydrogen) atoms. The molecule has 1 aliphatic heterocycles. The smallest absolute Gasteiger partial charge is 0.254 e. The summed E-state index contributed by atoms with van der Waals surface area (Å²) < 4.78 is 0. The van der Waals surface area contributed by atoms with Crippen LogP contribution in [0.1, 0.15) is 34.0 Å². The van der Waals surface area contributed by atoms with E-state index in [1.165, 1.54) is 0 Å². The predicted molar refractivity (Wildman–Crippen MR) is 110 cm³/mol. The van der Waals surface area contributed by atoms with Crippen molar-refractivity contribution in [3.8, 4) is 10.6 Å². The molecule has 0 aliphatic carbocycles. The Labute approximate surface area is 163 Å². The summed E-state index contributed by atoms with van der Waals surface area (Å²) in [6, 6.07) is 18.2. The lowest BCUT2D eigenvalue weighted by Crippen LogP contribution is -2.28. The molecule has 4 nitrogen and oxygen atoms in total. The number of benzene rings is 2. The van der Waals surface area contributed by atoms with Gasteiger partial charge in [0.2, 0.25) is 0 Å². The third-order valence-corrected chi connectivity index (χ3v) is 5.95. The van der Waals surface area contributed by atoms with Crippen LogP contribution >= 0.6 is 11.3 Å². The normalized spacial score (nSPS) is 16.4. The van der Waals surface area contributed by atoms with Gasteiger partial charge in [0.25, 0.3) is 5.91 Å². The van der Waals surface area contributed by atoms with Crippen LogP contribution in [0.4, 0.5) is 0 Å². The lowest BCUT2D eigenvalue weighted by atomic mass is 9.93. The van der Waals surface area contributed by atoms with Crippen LogP contribution < -0.4 is 5.32 Å². The molecule has 1 atom stereocenters. The van der Waals surface area contributed by atoms with Crippen molar-refractivity contribution >= 4 is 17.2 Å². The molecule has 1 aromatic heterocycles. The van der Waals surface area contributed by atoms with Crippen LogP contribution in [0.15, 0.2) is 60.0 Å². The molecule has 1 fully saturated rings. The fourth-order valence-corrected chi connectivity index (χ4v) is 4.40. The first-order valence-corrected chi connectivity index (χ1v) is 10.2. The average molecular weight is 378 g/mol. The highest BCUT2D eigenvalue weighted by Gasteiger charge is 2.23. The number of rotatable bonds is 5. The Morgan fingerprint density at radius 3 is 2.74 bits per heavy atom. The van der Waals surface area contributed by atoms with Crippen molar-refractivity contribution in [2.75, 3.05) is 20.1 Å². The van der Waals surface area contributed by atoms with Crippen LogP contribution in [-0.2, 0) is 6.54 Å². The van der Waals surface area contributed by atoms with E-state index in [0.717, 1.165) is 46.9 Å². The highest BCUT2D eigenvalue weighted by molar-refractivity contribution is 7.13. The maximum atomic E-state index is 13.1. The topological polar surface area (TPSA) is 45.2 Å². The average Bonchev–Trinajstić information content (AvgIpc) is 3.40. The number of nitrogens with zero attached hydrogens (tertiary/aromatic N) is 2. The highest BCUT2D eigenvalue weighted by Crippen LogP contribution is 2.27. The Bertz CT molecular complexity index is 916. The van der Waals surface area contributed by atoms with Crippen LogP contribution in [0.5, 0.6) is 0 Å². The van der Waals surface area contributed by atoms with Gasteiger partial charge in [0.05, 0.1) is 12.2 Å². The molecule has 2 aromatic carbocycles. The molecule has 1 amide bonds. The number of carbonyl (C=O) groups is 1. The number of nitrogens with one attached hydrogen (secondary N) is 1. The Kier molecular flexibility index (Phi) is 5.32. The second kappa shape index (κ2) is 8.03. The third kappa shape index (κ3) is 3.94. The monoisotopic (exact) mass is 377 g/mol. The fraction of sp³-hybridized carbons (Fsp3) is 0.273. The van der Waals surface area contributed by atoms with E-state index in [2.05, 4.69) is 23.5 Å². The van der Waals surface area contributed by atoms with Gasteiger partial charge in [-0.2, -0.15) is 0 Å². The summed E-state index contributed by atoms with van der Waals surface area (Å²) in [7, 11) is 1.85.